The fourth-order valence-electron chi connectivity index (χ4n) is 3.35. The number of benzene rings is 1. The van der Waals surface area contributed by atoms with Gasteiger partial charge in [-0.05, 0) is 43.9 Å². The van der Waals surface area contributed by atoms with Crippen LogP contribution in [-0.2, 0) is 15.0 Å². The monoisotopic (exact) mass is 291 g/mol. The lowest BCUT2D eigenvalue weighted by Crippen LogP contribution is -2.43. The largest absolute Gasteiger partial charge is 0.481 e. The maximum Gasteiger partial charge on any atom is 0.308 e. The molecule has 2 fully saturated rings. The first-order valence-corrected chi connectivity index (χ1v) is 7.25. The summed E-state index contributed by atoms with van der Waals surface area (Å²) in [5, 5.41) is 9.17. The number of likely N-dealkylation sites (tertiary alicyclic amines) is 1. The molecule has 112 valence electrons. The maximum absolute atomic E-state index is 13.0. The molecular weight excluding hydrogens is 273 g/mol. The SMILES string of the molecule is CC1C(C(=O)O)CCN1C(=O)C1(c2ccc(F)cc2)CC1. The second-order valence-electron chi connectivity index (χ2n) is 6.06. The number of carbonyl (C=O) groups excluding carboxylic acids is 1. The van der Waals surface area contributed by atoms with E-state index >= 15 is 0 Å². The van der Waals surface area contributed by atoms with E-state index in [9.17, 15) is 14.0 Å². The number of hydrogen-bond acceptors (Lipinski definition) is 2. The van der Waals surface area contributed by atoms with Crippen molar-refractivity contribution in [2.75, 3.05) is 6.54 Å². The van der Waals surface area contributed by atoms with Crippen molar-refractivity contribution in [2.24, 2.45) is 5.92 Å². The second-order valence-corrected chi connectivity index (χ2v) is 6.06. The maximum atomic E-state index is 13.0. The van der Waals surface area contributed by atoms with Gasteiger partial charge in [0, 0.05) is 12.6 Å². The number of rotatable bonds is 3. The Balaban J connectivity index is 1.82. The standard InChI is InChI=1S/C16H18FNO3/c1-10-13(14(19)20)6-9-18(10)15(21)16(7-8-16)11-2-4-12(17)5-3-11/h2-5,10,13H,6-9H2,1H3,(H,19,20). The number of carboxylic acid groups (broad SMARTS) is 1. The number of hydrogen-bond donors (Lipinski definition) is 1. The third kappa shape index (κ3) is 2.20. The molecule has 2 atom stereocenters. The van der Waals surface area contributed by atoms with Crippen molar-refractivity contribution in [1.82, 2.24) is 4.90 Å². The molecule has 0 aromatic heterocycles. The Kier molecular flexibility index (Phi) is 3.23. The Labute approximate surface area is 122 Å². The van der Waals surface area contributed by atoms with Gasteiger partial charge in [0.05, 0.1) is 11.3 Å². The minimum Gasteiger partial charge on any atom is -0.481 e. The van der Waals surface area contributed by atoms with E-state index in [-0.39, 0.29) is 17.8 Å². The first-order valence-electron chi connectivity index (χ1n) is 7.25. The van der Waals surface area contributed by atoms with Gasteiger partial charge in [-0.3, -0.25) is 9.59 Å². The highest BCUT2D eigenvalue weighted by Crippen LogP contribution is 2.50. The smallest absolute Gasteiger partial charge is 0.308 e. The molecular formula is C16H18FNO3. The van der Waals surface area contributed by atoms with Crippen LogP contribution in [-0.4, -0.2) is 34.5 Å². The van der Waals surface area contributed by atoms with Crippen molar-refractivity contribution in [3.63, 3.8) is 0 Å². The molecule has 3 rings (SSSR count). The van der Waals surface area contributed by atoms with E-state index in [1.165, 1.54) is 12.1 Å². The van der Waals surface area contributed by atoms with E-state index in [2.05, 4.69) is 0 Å². The molecule has 4 nitrogen and oxygen atoms in total. The molecule has 1 heterocycles. The molecule has 1 aromatic carbocycles. The fourth-order valence-corrected chi connectivity index (χ4v) is 3.35. The molecule has 21 heavy (non-hydrogen) atoms. The molecule has 5 heteroatoms. The highest BCUT2D eigenvalue weighted by molar-refractivity contribution is 5.92. The molecule has 0 radical (unpaired) electrons. The van der Waals surface area contributed by atoms with E-state index in [0.717, 1.165) is 18.4 Å². The highest BCUT2D eigenvalue weighted by atomic mass is 19.1. The average molecular weight is 291 g/mol. The topological polar surface area (TPSA) is 57.6 Å². The summed E-state index contributed by atoms with van der Waals surface area (Å²) in [5.41, 5.74) is 0.273. The zero-order valence-electron chi connectivity index (χ0n) is 11.9. The predicted molar refractivity (Wildman–Crippen MR) is 74.2 cm³/mol. The molecule has 1 amide bonds. The number of aliphatic carboxylic acids is 1. The van der Waals surface area contributed by atoms with Gasteiger partial charge in [0.25, 0.3) is 0 Å². The van der Waals surface area contributed by atoms with Gasteiger partial charge in [-0.15, -0.1) is 0 Å². The average Bonchev–Trinajstić information content (AvgIpc) is 3.16. The van der Waals surface area contributed by atoms with E-state index in [1.807, 2.05) is 0 Å². The van der Waals surface area contributed by atoms with Crippen molar-refractivity contribution in [3.8, 4) is 0 Å². The summed E-state index contributed by atoms with van der Waals surface area (Å²) < 4.78 is 13.0. The quantitative estimate of drug-likeness (QED) is 0.928. The first-order chi connectivity index (χ1) is 9.95. The van der Waals surface area contributed by atoms with Crippen LogP contribution in [0.4, 0.5) is 4.39 Å². The van der Waals surface area contributed by atoms with Gasteiger partial charge in [-0.1, -0.05) is 12.1 Å². The molecule has 0 spiro atoms. The van der Waals surface area contributed by atoms with Crippen LogP contribution in [0.3, 0.4) is 0 Å². The number of carbonyl (C=O) groups is 2. The minimum absolute atomic E-state index is 0.00893. The van der Waals surface area contributed by atoms with Crippen LogP contribution in [0.5, 0.6) is 0 Å². The van der Waals surface area contributed by atoms with Gasteiger partial charge in [0.1, 0.15) is 5.82 Å². The molecule has 1 saturated carbocycles. The third-order valence-corrected chi connectivity index (χ3v) is 4.89. The molecule has 1 aliphatic heterocycles. The lowest BCUT2D eigenvalue weighted by molar-refractivity contribution is -0.143. The van der Waals surface area contributed by atoms with Crippen molar-refractivity contribution < 1.29 is 19.1 Å². The molecule has 1 N–H and O–H groups in total. The molecule has 0 bridgehead atoms. The van der Waals surface area contributed by atoms with Crippen molar-refractivity contribution in [1.29, 1.82) is 0 Å². The highest BCUT2D eigenvalue weighted by Gasteiger charge is 2.55. The van der Waals surface area contributed by atoms with Gasteiger partial charge < -0.3 is 10.0 Å². The molecule has 1 saturated heterocycles. The van der Waals surface area contributed by atoms with E-state index in [0.29, 0.717) is 13.0 Å². The zero-order chi connectivity index (χ0) is 15.2. The summed E-state index contributed by atoms with van der Waals surface area (Å²) in [5.74, 6) is -1.66. The zero-order valence-corrected chi connectivity index (χ0v) is 11.9. The van der Waals surface area contributed by atoms with Crippen molar-refractivity contribution in [3.05, 3.63) is 35.6 Å². The lowest BCUT2D eigenvalue weighted by Gasteiger charge is -2.28. The van der Waals surface area contributed by atoms with Crippen LogP contribution >= 0.6 is 0 Å². The number of amides is 1. The molecule has 1 aromatic rings. The number of halogens is 1. The summed E-state index contributed by atoms with van der Waals surface area (Å²) in [6, 6.07) is 5.78. The fraction of sp³-hybridized carbons (Fsp3) is 0.500. The summed E-state index contributed by atoms with van der Waals surface area (Å²) in [6.07, 6.45) is 2.00. The Morgan fingerprint density at radius 2 is 1.90 bits per heavy atom. The normalized spacial score (nSPS) is 26.7. The molecule has 2 unspecified atom stereocenters. The van der Waals surface area contributed by atoms with Crippen molar-refractivity contribution >= 4 is 11.9 Å². The Bertz CT molecular complexity index is 580. The summed E-state index contributed by atoms with van der Waals surface area (Å²) in [4.78, 5) is 25.7. The molecule has 1 aliphatic carbocycles. The van der Waals surface area contributed by atoms with Crippen LogP contribution in [0.15, 0.2) is 24.3 Å². The van der Waals surface area contributed by atoms with Crippen LogP contribution in [0.25, 0.3) is 0 Å². The summed E-state index contributed by atoms with van der Waals surface area (Å²) in [6.45, 7) is 2.28. The number of nitrogens with zero attached hydrogens (tertiary/aromatic N) is 1. The van der Waals surface area contributed by atoms with Crippen LogP contribution in [0.1, 0.15) is 31.7 Å². The van der Waals surface area contributed by atoms with Gasteiger partial charge in [0.2, 0.25) is 5.91 Å². The summed E-state index contributed by atoms with van der Waals surface area (Å²) in [7, 11) is 0. The van der Waals surface area contributed by atoms with Crippen LogP contribution in [0.2, 0.25) is 0 Å². The van der Waals surface area contributed by atoms with E-state index in [4.69, 9.17) is 5.11 Å². The lowest BCUT2D eigenvalue weighted by atomic mass is 9.93. The van der Waals surface area contributed by atoms with Crippen LogP contribution in [0, 0.1) is 11.7 Å². The van der Waals surface area contributed by atoms with Crippen LogP contribution < -0.4 is 0 Å². The number of carboxylic acids is 1. The Morgan fingerprint density at radius 3 is 2.38 bits per heavy atom. The second kappa shape index (κ2) is 4.83. The van der Waals surface area contributed by atoms with Gasteiger partial charge in [-0.25, -0.2) is 4.39 Å². The molecule has 2 aliphatic rings. The Morgan fingerprint density at radius 1 is 1.29 bits per heavy atom. The Hall–Kier alpha value is -1.91. The van der Waals surface area contributed by atoms with Gasteiger partial charge >= 0.3 is 5.97 Å². The van der Waals surface area contributed by atoms with E-state index in [1.54, 1.807) is 24.0 Å². The minimum atomic E-state index is -0.843. The first kappa shape index (κ1) is 14.0. The summed E-state index contributed by atoms with van der Waals surface area (Å²) >= 11 is 0. The van der Waals surface area contributed by atoms with E-state index < -0.39 is 17.3 Å². The van der Waals surface area contributed by atoms with Crippen molar-refractivity contribution in [2.45, 2.75) is 37.6 Å². The van der Waals surface area contributed by atoms with Gasteiger partial charge in [0.15, 0.2) is 0 Å². The predicted octanol–water partition coefficient (Wildman–Crippen LogP) is 2.18. The third-order valence-electron chi connectivity index (χ3n) is 4.89. The van der Waals surface area contributed by atoms with Gasteiger partial charge in [-0.2, -0.15) is 0 Å².